The summed E-state index contributed by atoms with van der Waals surface area (Å²) in [6.45, 7) is 0.244. The summed E-state index contributed by atoms with van der Waals surface area (Å²) < 4.78 is 24.7. The van der Waals surface area contributed by atoms with Crippen molar-refractivity contribution in [2.75, 3.05) is 12.4 Å². The molecule has 0 radical (unpaired) electrons. The summed E-state index contributed by atoms with van der Waals surface area (Å²) in [7, 11) is 1.45. The molecule has 0 bridgehead atoms. The largest absolute Gasteiger partial charge is 0.493 e. The van der Waals surface area contributed by atoms with Gasteiger partial charge in [0.25, 0.3) is 0 Å². The Balaban J connectivity index is 1.62. The number of anilines is 1. The third-order valence-electron chi connectivity index (χ3n) is 4.26. The molecule has 33 heavy (non-hydrogen) atoms. The zero-order valence-electron chi connectivity index (χ0n) is 17.3. The van der Waals surface area contributed by atoms with Gasteiger partial charge >= 0.3 is 11.8 Å². The van der Waals surface area contributed by atoms with Gasteiger partial charge in [0.05, 0.1) is 24.0 Å². The maximum absolute atomic E-state index is 13.6. The van der Waals surface area contributed by atoms with E-state index in [1.807, 2.05) is 12.1 Å². The number of ether oxygens (including phenoxy) is 2. The maximum atomic E-state index is 13.6. The highest BCUT2D eigenvalue weighted by Crippen LogP contribution is 2.36. The van der Waals surface area contributed by atoms with Crippen LogP contribution >= 0.6 is 23.2 Å². The number of rotatable bonds is 7. The molecule has 2 N–H and O–H groups in total. The number of hydrogen-bond acceptors (Lipinski definition) is 5. The van der Waals surface area contributed by atoms with Crippen LogP contribution in [0.1, 0.15) is 11.1 Å². The first-order valence-corrected chi connectivity index (χ1v) is 10.3. The second-order valence-corrected chi connectivity index (χ2v) is 7.43. The number of amides is 2. The normalized spacial score (nSPS) is 10.7. The molecule has 0 unspecified atom stereocenters. The topological polar surface area (TPSA) is 89.0 Å². The van der Waals surface area contributed by atoms with Crippen LogP contribution < -0.4 is 20.2 Å². The van der Waals surface area contributed by atoms with Crippen molar-refractivity contribution in [2.45, 2.75) is 6.61 Å². The summed E-state index contributed by atoms with van der Waals surface area (Å²) >= 11 is 12.2. The van der Waals surface area contributed by atoms with Crippen LogP contribution in [-0.2, 0) is 16.2 Å². The quantitative estimate of drug-likeness (QED) is 0.283. The lowest BCUT2D eigenvalue weighted by molar-refractivity contribution is -0.136. The molecule has 7 nitrogen and oxygen atoms in total. The first-order chi connectivity index (χ1) is 15.9. The van der Waals surface area contributed by atoms with Crippen molar-refractivity contribution in [1.82, 2.24) is 5.43 Å². The van der Waals surface area contributed by atoms with Crippen LogP contribution in [0.4, 0.5) is 10.1 Å². The van der Waals surface area contributed by atoms with E-state index in [-0.39, 0.29) is 17.3 Å². The van der Waals surface area contributed by atoms with Crippen molar-refractivity contribution < 1.29 is 23.5 Å². The van der Waals surface area contributed by atoms with E-state index in [0.717, 1.165) is 11.6 Å². The monoisotopic (exact) mass is 489 g/mol. The van der Waals surface area contributed by atoms with Gasteiger partial charge in [0, 0.05) is 5.02 Å². The van der Waals surface area contributed by atoms with Gasteiger partial charge < -0.3 is 14.8 Å². The second-order valence-electron chi connectivity index (χ2n) is 6.58. The average Bonchev–Trinajstić information content (AvgIpc) is 2.80. The molecular formula is C23H18Cl2FN3O4. The number of benzene rings is 3. The first kappa shape index (κ1) is 24.0. The molecule has 0 aliphatic heterocycles. The SMILES string of the molecule is COc1cc(/C=N\NC(=O)C(=O)Nc2ccccc2F)cc(Cl)c1OCc1ccc(Cl)cc1. The Kier molecular flexibility index (Phi) is 8.23. The van der Waals surface area contributed by atoms with E-state index in [4.69, 9.17) is 32.7 Å². The Morgan fingerprint density at radius 3 is 2.48 bits per heavy atom. The summed E-state index contributed by atoms with van der Waals surface area (Å²) in [5.41, 5.74) is 3.31. The molecule has 0 spiro atoms. The van der Waals surface area contributed by atoms with Crippen molar-refractivity contribution in [2.24, 2.45) is 5.10 Å². The molecule has 0 atom stereocenters. The minimum atomic E-state index is -1.07. The lowest BCUT2D eigenvalue weighted by Gasteiger charge is -2.13. The molecule has 3 aromatic carbocycles. The third kappa shape index (κ3) is 6.68. The highest BCUT2D eigenvalue weighted by Gasteiger charge is 2.15. The van der Waals surface area contributed by atoms with Crippen LogP contribution in [0, 0.1) is 5.82 Å². The van der Waals surface area contributed by atoms with Crippen LogP contribution in [0.25, 0.3) is 0 Å². The smallest absolute Gasteiger partial charge is 0.329 e. The minimum absolute atomic E-state index is 0.118. The van der Waals surface area contributed by atoms with Crippen LogP contribution in [0.2, 0.25) is 10.0 Å². The number of nitrogens with zero attached hydrogens (tertiary/aromatic N) is 1. The summed E-state index contributed by atoms with van der Waals surface area (Å²) in [5.74, 6) is -2.13. The van der Waals surface area contributed by atoms with Gasteiger partial charge in [-0.1, -0.05) is 47.5 Å². The third-order valence-corrected chi connectivity index (χ3v) is 4.79. The van der Waals surface area contributed by atoms with Gasteiger partial charge in [0.1, 0.15) is 12.4 Å². The van der Waals surface area contributed by atoms with E-state index in [9.17, 15) is 14.0 Å². The van der Waals surface area contributed by atoms with Gasteiger partial charge in [0.2, 0.25) is 0 Å². The first-order valence-electron chi connectivity index (χ1n) is 9.51. The predicted octanol–water partition coefficient (Wildman–Crippen LogP) is 4.81. The molecule has 2 amide bonds. The average molecular weight is 490 g/mol. The predicted molar refractivity (Wildman–Crippen MR) is 125 cm³/mol. The Morgan fingerprint density at radius 2 is 1.79 bits per heavy atom. The van der Waals surface area contributed by atoms with E-state index in [1.54, 1.807) is 24.3 Å². The Labute approximate surface area is 199 Å². The van der Waals surface area contributed by atoms with Crippen molar-refractivity contribution in [1.29, 1.82) is 0 Å². The van der Waals surface area contributed by atoms with Crippen molar-refractivity contribution in [3.8, 4) is 11.5 Å². The molecule has 0 aliphatic rings. The number of nitrogens with one attached hydrogen (secondary N) is 2. The Morgan fingerprint density at radius 1 is 1.06 bits per heavy atom. The van der Waals surface area contributed by atoms with Crippen molar-refractivity contribution in [3.05, 3.63) is 87.7 Å². The summed E-state index contributed by atoms with van der Waals surface area (Å²) in [4.78, 5) is 23.8. The molecule has 170 valence electrons. The van der Waals surface area contributed by atoms with Gasteiger partial charge in [-0.25, -0.2) is 9.82 Å². The number of hydrogen-bond donors (Lipinski definition) is 2. The lowest BCUT2D eigenvalue weighted by Crippen LogP contribution is -2.32. The lowest BCUT2D eigenvalue weighted by atomic mass is 10.2. The molecular weight excluding hydrogens is 472 g/mol. The fraction of sp³-hybridized carbons (Fsp3) is 0.0870. The number of carbonyl (C=O) groups is 2. The summed E-state index contributed by atoms with van der Waals surface area (Å²) in [6.07, 6.45) is 1.27. The zero-order chi connectivity index (χ0) is 23.8. The van der Waals surface area contributed by atoms with E-state index in [2.05, 4.69) is 15.8 Å². The summed E-state index contributed by atoms with van der Waals surface area (Å²) in [6, 6.07) is 15.8. The molecule has 0 heterocycles. The number of halogens is 3. The molecule has 0 fully saturated rings. The highest BCUT2D eigenvalue weighted by molar-refractivity contribution is 6.39. The minimum Gasteiger partial charge on any atom is -0.493 e. The van der Waals surface area contributed by atoms with Crippen LogP contribution in [0.3, 0.4) is 0 Å². The fourth-order valence-corrected chi connectivity index (χ4v) is 3.05. The maximum Gasteiger partial charge on any atom is 0.329 e. The van der Waals surface area contributed by atoms with E-state index >= 15 is 0 Å². The van der Waals surface area contributed by atoms with E-state index in [0.29, 0.717) is 22.1 Å². The number of hydrazone groups is 1. The molecule has 0 aliphatic carbocycles. The van der Waals surface area contributed by atoms with Gasteiger partial charge in [-0.15, -0.1) is 0 Å². The van der Waals surface area contributed by atoms with Gasteiger partial charge in [-0.05, 0) is 47.5 Å². The molecule has 3 aromatic rings. The van der Waals surface area contributed by atoms with Gasteiger partial charge in [0.15, 0.2) is 11.5 Å². The molecule has 10 heteroatoms. The van der Waals surface area contributed by atoms with Crippen molar-refractivity contribution in [3.63, 3.8) is 0 Å². The van der Waals surface area contributed by atoms with E-state index in [1.165, 1.54) is 31.5 Å². The van der Waals surface area contributed by atoms with Crippen LogP contribution in [0.15, 0.2) is 65.8 Å². The Hall–Kier alpha value is -3.62. The number of para-hydroxylation sites is 1. The number of methoxy groups -OCH3 is 1. The molecule has 0 saturated carbocycles. The number of carbonyl (C=O) groups excluding carboxylic acids is 2. The zero-order valence-corrected chi connectivity index (χ0v) is 18.8. The Bertz CT molecular complexity index is 1190. The molecule has 3 rings (SSSR count). The highest BCUT2D eigenvalue weighted by atomic mass is 35.5. The van der Waals surface area contributed by atoms with Crippen molar-refractivity contribution >= 4 is 46.9 Å². The standard InChI is InChI=1S/C23H18Cl2FN3O4/c1-32-20-11-15(10-17(25)21(20)33-13-14-6-8-16(24)9-7-14)12-27-29-23(31)22(30)28-19-5-3-2-4-18(19)26/h2-12H,13H2,1H3,(H,28,30)(H,29,31)/b27-12-. The van der Waals surface area contributed by atoms with Gasteiger partial charge in [-0.2, -0.15) is 5.10 Å². The fourth-order valence-electron chi connectivity index (χ4n) is 2.65. The second kappa shape index (κ2) is 11.3. The van der Waals surface area contributed by atoms with Gasteiger partial charge in [-0.3, -0.25) is 9.59 Å². The molecule has 0 aromatic heterocycles. The van der Waals surface area contributed by atoms with Crippen LogP contribution in [0.5, 0.6) is 11.5 Å². The van der Waals surface area contributed by atoms with E-state index < -0.39 is 17.6 Å². The van der Waals surface area contributed by atoms with Crippen LogP contribution in [-0.4, -0.2) is 25.1 Å². The molecule has 0 saturated heterocycles. The summed E-state index contributed by atoms with van der Waals surface area (Å²) in [5, 5.41) is 6.77.